The quantitative estimate of drug-likeness (QED) is 0.849. The minimum Gasteiger partial charge on any atom is -0.307 e. The monoisotopic (exact) mass is 295 g/mol. The number of hydrogen-bond donors (Lipinski definition) is 1. The van der Waals surface area contributed by atoms with E-state index in [0.717, 1.165) is 12.0 Å². The summed E-state index contributed by atoms with van der Waals surface area (Å²) in [4.78, 5) is 2.64. The van der Waals surface area contributed by atoms with E-state index in [4.69, 9.17) is 0 Å². The molecule has 0 fully saturated rings. The molecule has 1 heterocycles. The molecule has 0 spiro atoms. The van der Waals surface area contributed by atoms with Crippen LogP contribution in [0.2, 0.25) is 0 Å². The predicted octanol–water partition coefficient (Wildman–Crippen LogP) is 4.62. The molecule has 0 saturated carbocycles. The maximum Gasteiger partial charge on any atom is 0.159 e. The van der Waals surface area contributed by atoms with Gasteiger partial charge in [0.15, 0.2) is 11.6 Å². The van der Waals surface area contributed by atoms with Crippen molar-refractivity contribution in [2.24, 2.45) is 0 Å². The van der Waals surface area contributed by atoms with Crippen molar-refractivity contribution in [3.8, 4) is 0 Å². The van der Waals surface area contributed by atoms with Gasteiger partial charge in [0, 0.05) is 21.8 Å². The summed E-state index contributed by atoms with van der Waals surface area (Å²) in [6.45, 7) is 6.16. The van der Waals surface area contributed by atoms with Gasteiger partial charge < -0.3 is 5.32 Å². The van der Waals surface area contributed by atoms with Crippen LogP contribution < -0.4 is 5.32 Å². The highest BCUT2D eigenvalue weighted by molar-refractivity contribution is 7.11. The molecule has 20 heavy (non-hydrogen) atoms. The normalized spacial score (nSPS) is 14.2. The van der Waals surface area contributed by atoms with E-state index in [0.29, 0.717) is 0 Å². The van der Waals surface area contributed by atoms with Crippen molar-refractivity contribution in [2.45, 2.75) is 39.3 Å². The Balaban J connectivity index is 1.96. The lowest BCUT2D eigenvalue weighted by Crippen LogP contribution is -2.30. The van der Waals surface area contributed by atoms with E-state index in [1.54, 1.807) is 17.4 Å². The Hall–Kier alpha value is -1.26. The minimum absolute atomic E-state index is 0.0128. The first-order chi connectivity index (χ1) is 9.45. The van der Waals surface area contributed by atoms with Crippen LogP contribution in [0.5, 0.6) is 0 Å². The van der Waals surface area contributed by atoms with Crippen LogP contribution in [0, 0.1) is 18.6 Å². The number of hydrogen-bond acceptors (Lipinski definition) is 2. The molecule has 2 rings (SSSR count). The molecule has 1 nitrogen and oxygen atoms in total. The molecule has 0 saturated heterocycles. The standard InChI is InChI=1S/C16H19F2NS/c1-10(8-14-6-4-11(2)20-14)19-12(3)13-5-7-15(17)16(18)9-13/h4-7,9-10,12,19H,8H2,1-3H3. The fourth-order valence-corrected chi connectivity index (χ4v) is 3.28. The summed E-state index contributed by atoms with van der Waals surface area (Å²) < 4.78 is 26.1. The molecular formula is C16H19F2NS. The SMILES string of the molecule is Cc1ccc(CC(C)NC(C)c2ccc(F)c(F)c2)s1. The zero-order valence-corrected chi connectivity index (χ0v) is 12.7. The highest BCUT2D eigenvalue weighted by Crippen LogP contribution is 2.19. The third kappa shape index (κ3) is 3.87. The Labute approximate surface area is 122 Å². The summed E-state index contributed by atoms with van der Waals surface area (Å²) >= 11 is 1.79. The van der Waals surface area contributed by atoms with Crippen LogP contribution in [0.1, 0.15) is 35.2 Å². The average Bonchev–Trinajstić information content (AvgIpc) is 2.77. The lowest BCUT2D eigenvalue weighted by atomic mass is 10.1. The van der Waals surface area contributed by atoms with Crippen molar-refractivity contribution >= 4 is 11.3 Å². The van der Waals surface area contributed by atoms with Gasteiger partial charge >= 0.3 is 0 Å². The lowest BCUT2D eigenvalue weighted by molar-refractivity contribution is 0.470. The highest BCUT2D eigenvalue weighted by Gasteiger charge is 2.12. The second-order valence-corrected chi connectivity index (χ2v) is 6.55. The van der Waals surface area contributed by atoms with Crippen molar-refractivity contribution in [3.63, 3.8) is 0 Å². The first kappa shape index (κ1) is 15.1. The van der Waals surface area contributed by atoms with Gasteiger partial charge in [-0.15, -0.1) is 11.3 Å². The summed E-state index contributed by atoms with van der Waals surface area (Å²) in [5, 5.41) is 3.42. The minimum atomic E-state index is -0.803. The van der Waals surface area contributed by atoms with E-state index in [-0.39, 0.29) is 12.1 Å². The maximum atomic E-state index is 13.2. The molecule has 2 aromatic rings. The van der Waals surface area contributed by atoms with Gasteiger partial charge in [-0.2, -0.15) is 0 Å². The zero-order chi connectivity index (χ0) is 14.7. The molecule has 108 valence electrons. The van der Waals surface area contributed by atoms with E-state index in [2.05, 4.69) is 31.3 Å². The highest BCUT2D eigenvalue weighted by atomic mass is 32.1. The third-order valence-electron chi connectivity index (χ3n) is 3.28. The molecule has 1 aromatic carbocycles. The van der Waals surface area contributed by atoms with Gasteiger partial charge in [-0.1, -0.05) is 6.07 Å². The number of aryl methyl sites for hydroxylation is 1. The topological polar surface area (TPSA) is 12.0 Å². The summed E-state index contributed by atoms with van der Waals surface area (Å²) in [6, 6.07) is 8.58. The maximum absolute atomic E-state index is 13.2. The summed E-state index contributed by atoms with van der Waals surface area (Å²) in [7, 11) is 0. The molecule has 2 atom stereocenters. The molecule has 1 aromatic heterocycles. The van der Waals surface area contributed by atoms with E-state index in [9.17, 15) is 8.78 Å². The molecule has 1 N–H and O–H groups in total. The van der Waals surface area contributed by atoms with E-state index in [1.807, 2.05) is 6.92 Å². The number of rotatable bonds is 5. The number of halogens is 2. The number of thiophene rings is 1. The molecule has 4 heteroatoms. The molecule has 0 bridgehead atoms. The molecule has 2 unspecified atom stereocenters. The van der Waals surface area contributed by atoms with Crippen molar-refractivity contribution < 1.29 is 8.78 Å². The molecule has 0 aliphatic rings. The van der Waals surface area contributed by atoms with Gasteiger partial charge in [-0.05, 0) is 57.0 Å². The van der Waals surface area contributed by atoms with E-state index in [1.165, 1.54) is 21.9 Å². The van der Waals surface area contributed by atoms with E-state index >= 15 is 0 Å². The van der Waals surface area contributed by atoms with Crippen molar-refractivity contribution in [2.75, 3.05) is 0 Å². The molecule has 0 radical (unpaired) electrons. The van der Waals surface area contributed by atoms with Crippen molar-refractivity contribution in [3.05, 3.63) is 57.3 Å². The molecule has 0 aliphatic heterocycles. The van der Waals surface area contributed by atoms with Gasteiger partial charge in [-0.25, -0.2) is 8.78 Å². The van der Waals surface area contributed by atoms with Gasteiger partial charge in [0.05, 0.1) is 0 Å². The Morgan fingerprint density at radius 1 is 1.10 bits per heavy atom. The average molecular weight is 295 g/mol. The summed E-state index contributed by atoms with van der Waals surface area (Å²) in [5.41, 5.74) is 0.762. The fraction of sp³-hybridized carbons (Fsp3) is 0.375. The smallest absolute Gasteiger partial charge is 0.159 e. The largest absolute Gasteiger partial charge is 0.307 e. The Kier molecular flexibility index (Phi) is 4.89. The van der Waals surface area contributed by atoms with Crippen LogP contribution in [-0.4, -0.2) is 6.04 Å². The molecule has 0 amide bonds. The van der Waals surface area contributed by atoms with Crippen LogP contribution >= 0.6 is 11.3 Å². The molecular weight excluding hydrogens is 276 g/mol. The number of nitrogens with one attached hydrogen (secondary N) is 1. The van der Waals surface area contributed by atoms with Crippen LogP contribution in [0.15, 0.2) is 30.3 Å². The van der Waals surface area contributed by atoms with Crippen molar-refractivity contribution in [1.29, 1.82) is 0 Å². The fourth-order valence-electron chi connectivity index (χ4n) is 2.26. The van der Waals surface area contributed by atoms with Crippen LogP contribution in [0.25, 0.3) is 0 Å². The Morgan fingerprint density at radius 3 is 2.45 bits per heavy atom. The van der Waals surface area contributed by atoms with Gasteiger partial charge in [0.1, 0.15) is 0 Å². The van der Waals surface area contributed by atoms with Gasteiger partial charge in [0.25, 0.3) is 0 Å². The summed E-state index contributed by atoms with van der Waals surface area (Å²) in [5.74, 6) is -1.60. The van der Waals surface area contributed by atoms with Crippen LogP contribution in [0.3, 0.4) is 0 Å². The zero-order valence-electron chi connectivity index (χ0n) is 11.9. The first-order valence-corrected chi connectivity index (χ1v) is 7.53. The van der Waals surface area contributed by atoms with E-state index < -0.39 is 11.6 Å². The summed E-state index contributed by atoms with van der Waals surface area (Å²) in [6.07, 6.45) is 0.937. The van der Waals surface area contributed by atoms with Crippen LogP contribution in [-0.2, 0) is 6.42 Å². The Morgan fingerprint density at radius 2 is 1.85 bits per heavy atom. The van der Waals surface area contributed by atoms with Gasteiger partial charge in [-0.3, -0.25) is 0 Å². The molecule has 0 aliphatic carbocycles. The first-order valence-electron chi connectivity index (χ1n) is 6.72. The lowest BCUT2D eigenvalue weighted by Gasteiger charge is -2.20. The predicted molar refractivity (Wildman–Crippen MR) is 80.1 cm³/mol. The number of benzene rings is 1. The second-order valence-electron chi connectivity index (χ2n) is 5.18. The van der Waals surface area contributed by atoms with Crippen molar-refractivity contribution in [1.82, 2.24) is 5.32 Å². The Bertz CT molecular complexity index is 580. The second kappa shape index (κ2) is 6.46. The third-order valence-corrected chi connectivity index (χ3v) is 4.30. The van der Waals surface area contributed by atoms with Crippen LogP contribution in [0.4, 0.5) is 8.78 Å². The van der Waals surface area contributed by atoms with Gasteiger partial charge in [0.2, 0.25) is 0 Å².